The average Bonchev–Trinajstić information content (AvgIpc) is 2.71. The lowest BCUT2D eigenvalue weighted by molar-refractivity contribution is -0.126. The molecule has 0 radical (unpaired) electrons. The molecule has 158 valence electrons. The van der Waals surface area contributed by atoms with E-state index in [1.165, 1.54) is 10.5 Å². The number of aryl methyl sites for hydroxylation is 1. The largest absolute Gasteiger partial charge is 0.399 e. The van der Waals surface area contributed by atoms with Crippen LogP contribution in [-0.4, -0.2) is 24.3 Å². The number of hydrogen-bond donors (Lipinski definition) is 3. The summed E-state index contributed by atoms with van der Waals surface area (Å²) in [5, 5.41) is 5.81. The van der Waals surface area contributed by atoms with Gasteiger partial charge >= 0.3 is 0 Å². The van der Waals surface area contributed by atoms with Crippen LogP contribution in [0.1, 0.15) is 42.9 Å². The Kier molecular flexibility index (Phi) is 6.62. The van der Waals surface area contributed by atoms with Gasteiger partial charge in [-0.1, -0.05) is 18.2 Å². The number of hydrogen-bond acceptors (Lipinski definition) is 4. The zero-order valence-corrected chi connectivity index (χ0v) is 17.3. The minimum absolute atomic E-state index is 0. The van der Waals surface area contributed by atoms with Crippen molar-refractivity contribution in [1.29, 1.82) is 0 Å². The number of anilines is 3. The van der Waals surface area contributed by atoms with Gasteiger partial charge in [0.2, 0.25) is 17.7 Å². The smallest absolute Gasteiger partial charge is 0.244 e. The van der Waals surface area contributed by atoms with Gasteiger partial charge < -0.3 is 21.3 Å². The van der Waals surface area contributed by atoms with Crippen LogP contribution in [0, 0.1) is 0 Å². The molecule has 0 aromatic heterocycles. The minimum Gasteiger partial charge on any atom is -0.399 e. The maximum Gasteiger partial charge on any atom is 0.244 e. The number of carbonyl (C=O) groups is 3. The molecular weight excluding hydrogens is 404 g/mol. The predicted molar refractivity (Wildman–Crippen MR) is 119 cm³/mol. The molecule has 1 aliphatic carbocycles. The number of nitrogens with two attached hydrogens (primary N) is 1. The summed E-state index contributed by atoms with van der Waals surface area (Å²) < 4.78 is 0. The van der Waals surface area contributed by atoms with Gasteiger partial charge in [-0.25, -0.2) is 0 Å². The molecule has 8 heteroatoms. The van der Waals surface area contributed by atoms with Crippen LogP contribution in [0.15, 0.2) is 42.5 Å². The zero-order chi connectivity index (χ0) is 20.4. The van der Waals surface area contributed by atoms with Crippen molar-refractivity contribution in [3.63, 3.8) is 0 Å². The highest BCUT2D eigenvalue weighted by Gasteiger charge is 2.27. The number of amides is 3. The highest BCUT2D eigenvalue weighted by Crippen LogP contribution is 2.31. The van der Waals surface area contributed by atoms with E-state index >= 15 is 0 Å². The molecule has 1 aliphatic heterocycles. The molecule has 2 aromatic rings. The second-order valence-electron chi connectivity index (χ2n) is 7.52. The Labute approximate surface area is 181 Å². The number of nitrogens with one attached hydrogen (secondary N) is 2. The molecule has 7 nitrogen and oxygen atoms in total. The van der Waals surface area contributed by atoms with Crippen LogP contribution < -0.4 is 21.3 Å². The number of nitrogen functional groups attached to an aromatic ring is 1. The van der Waals surface area contributed by atoms with Crippen LogP contribution in [0.3, 0.4) is 0 Å². The van der Waals surface area contributed by atoms with Crippen molar-refractivity contribution >= 4 is 47.2 Å². The highest BCUT2D eigenvalue weighted by atomic mass is 35.5. The third kappa shape index (κ3) is 4.57. The molecule has 3 amide bonds. The second kappa shape index (κ2) is 9.17. The van der Waals surface area contributed by atoms with Gasteiger partial charge in [0.1, 0.15) is 6.54 Å². The molecule has 4 rings (SSSR count). The molecule has 0 bridgehead atoms. The Morgan fingerprint density at radius 3 is 2.80 bits per heavy atom. The van der Waals surface area contributed by atoms with Gasteiger partial charge in [-0.05, 0) is 54.7 Å². The van der Waals surface area contributed by atoms with E-state index in [0.29, 0.717) is 11.4 Å². The van der Waals surface area contributed by atoms with E-state index in [2.05, 4.69) is 10.6 Å². The van der Waals surface area contributed by atoms with E-state index in [0.717, 1.165) is 30.5 Å². The van der Waals surface area contributed by atoms with Gasteiger partial charge in [-0.3, -0.25) is 14.4 Å². The van der Waals surface area contributed by atoms with Crippen molar-refractivity contribution in [2.24, 2.45) is 0 Å². The van der Waals surface area contributed by atoms with Crippen LogP contribution in [0.25, 0.3) is 0 Å². The lowest BCUT2D eigenvalue weighted by Crippen LogP contribution is -2.42. The van der Waals surface area contributed by atoms with Gasteiger partial charge in [-0.15, -0.1) is 12.4 Å². The second-order valence-corrected chi connectivity index (χ2v) is 7.52. The summed E-state index contributed by atoms with van der Waals surface area (Å²) in [6, 6.07) is 12.9. The van der Waals surface area contributed by atoms with Crippen molar-refractivity contribution < 1.29 is 14.4 Å². The molecule has 1 atom stereocenters. The summed E-state index contributed by atoms with van der Waals surface area (Å²) >= 11 is 0. The fraction of sp³-hybridized carbons (Fsp3) is 0.318. The minimum atomic E-state index is -0.237. The van der Waals surface area contributed by atoms with Crippen LogP contribution in [0.5, 0.6) is 0 Å². The summed E-state index contributed by atoms with van der Waals surface area (Å²) in [4.78, 5) is 38.5. The summed E-state index contributed by atoms with van der Waals surface area (Å²) in [7, 11) is 0. The number of nitrogens with zero attached hydrogens (tertiary/aromatic N) is 1. The third-order valence-electron chi connectivity index (χ3n) is 5.45. The molecule has 0 fully saturated rings. The molecule has 4 N–H and O–H groups in total. The van der Waals surface area contributed by atoms with Crippen LogP contribution in [0.4, 0.5) is 17.1 Å². The molecular formula is C22H25ClN4O3. The van der Waals surface area contributed by atoms with Crippen molar-refractivity contribution in [1.82, 2.24) is 5.32 Å². The average molecular weight is 429 g/mol. The SMILES string of the molecule is Cl.Nc1ccc2c(c1)CCCC2NC(=O)CCC(=O)N1CC(=O)Nc2ccccc21. The first kappa shape index (κ1) is 21.6. The summed E-state index contributed by atoms with van der Waals surface area (Å²) in [6.07, 6.45) is 2.95. The molecule has 0 spiro atoms. The summed E-state index contributed by atoms with van der Waals surface area (Å²) in [6.45, 7) is -0.0328. The predicted octanol–water partition coefficient (Wildman–Crippen LogP) is 2.95. The molecule has 2 aliphatic rings. The van der Waals surface area contributed by atoms with E-state index in [-0.39, 0.29) is 55.6 Å². The first-order valence-electron chi connectivity index (χ1n) is 9.88. The van der Waals surface area contributed by atoms with E-state index in [9.17, 15) is 14.4 Å². The molecule has 0 saturated heterocycles. The Bertz CT molecular complexity index is 979. The number of halogens is 1. The normalized spacial score (nSPS) is 17.1. The fourth-order valence-electron chi connectivity index (χ4n) is 4.06. The Hall–Kier alpha value is -3.06. The lowest BCUT2D eigenvalue weighted by atomic mass is 9.87. The maximum atomic E-state index is 12.7. The van der Waals surface area contributed by atoms with Gasteiger partial charge in [-0.2, -0.15) is 0 Å². The van der Waals surface area contributed by atoms with Gasteiger partial charge in [0.05, 0.1) is 17.4 Å². The molecule has 2 aromatic carbocycles. The first-order valence-corrected chi connectivity index (χ1v) is 9.88. The van der Waals surface area contributed by atoms with Crippen molar-refractivity contribution in [2.45, 2.75) is 38.1 Å². The number of benzene rings is 2. The summed E-state index contributed by atoms with van der Waals surface area (Å²) in [5.74, 6) is -0.637. The molecule has 0 saturated carbocycles. The van der Waals surface area contributed by atoms with Crippen molar-refractivity contribution in [3.05, 3.63) is 53.6 Å². The van der Waals surface area contributed by atoms with Crippen LogP contribution in [-0.2, 0) is 20.8 Å². The van der Waals surface area contributed by atoms with Crippen LogP contribution >= 0.6 is 12.4 Å². The van der Waals surface area contributed by atoms with Crippen molar-refractivity contribution in [2.75, 3.05) is 22.5 Å². The van der Waals surface area contributed by atoms with Crippen molar-refractivity contribution in [3.8, 4) is 0 Å². The summed E-state index contributed by atoms with van der Waals surface area (Å²) in [5.41, 5.74) is 10.1. The van der Waals surface area contributed by atoms with Gasteiger partial charge in [0.25, 0.3) is 0 Å². The Morgan fingerprint density at radius 2 is 1.97 bits per heavy atom. The third-order valence-corrected chi connectivity index (χ3v) is 5.45. The van der Waals surface area contributed by atoms with E-state index in [1.807, 2.05) is 24.3 Å². The monoisotopic (exact) mass is 428 g/mol. The van der Waals surface area contributed by atoms with E-state index < -0.39 is 0 Å². The fourth-order valence-corrected chi connectivity index (χ4v) is 4.06. The standard InChI is InChI=1S/C22H24N4O3.ClH/c23-15-8-9-16-14(12-15)4-3-6-17(16)24-20(27)10-11-22(29)26-13-21(28)25-18-5-1-2-7-19(18)26;/h1-2,5,7-9,12,17H,3-4,6,10-11,13,23H2,(H,24,27)(H,25,28);1H. The lowest BCUT2D eigenvalue weighted by Gasteiger charge is -2.29. The Balaban J connectivity index is 0.00000256. The zero-order valence-electron chi connectivity index (χ0n) is 16.5. The number of rotatable bonds is 4. The highest BCUT2D eigenvalue weighted by molar-refractivity contribution is 6.10. The number of para-hydroxylation sites is 2. The molecule has 1 unspecified atom stereocenters. The topological polar surface area (TPSA) is 105 Å². The van der Waals surface area contributed by atoms with Gasteiger partial charge in [0, 0.05) is 18.5 Å². The van der Waals surface area contributed by atoms with E-state index in [4.69, 9.17) is 5.73 Å². The quantitative estimate of drug-likeness (QED) is 0.651. The Morgan fingerprint density at radius 1 is 1.17 bits per heavy atom. The first-order chi connectivity index (χ1) is 14.0. The van der Waals surface area contributed by atoms with Crippen LogP contribution in [0.2, 0.25) is 0 Å². The molecule has 1 heterocycles. The van der Waals surface area contributed by atoms with Gasteiger partial charge in [0.15, 0.2) is 0 Å². The maximum absolute atomic E-state index is 12.7. The number of fused-ring (bicyclic) bond motifs is 2. The van der Waals surface area contributed by atoms with E-state index in [1.54, 1.807) is 18.2 Å². The number of carbonyl (C=O) groups excluding carboxylic acids is 3. The molecule has 30 heavy (non-hydrogen) atoms.